The first-order valence-corrected chi connectivity index (χ1v) is 16.0. The maximum atomic E-state index is 14.5. The molecule has 2 aromatic carbocycles. The molecule has 0 atom stereocenters. The lowest BCUT2D eigenvalue weighted by Gasteiger charge is -2.20. The number of hydrogen-bond acceptors (Lipinski definition) is 8. The summed E-state index contributed by atoms with van der Waals surface area (Å²) in [6, 6.07) is 14.8. The van der Waals surface area contributed by atoms with E-state index in [1.165, 1.54) is 18.6 Å². The summed E-state index contributed by atoms with van der Waals surface area (Å²) in [6.07, 6.45) is 10.7. The fourth-order valence-electron chi connectivity index (χ4n) is 6.01. The molecule has 246 valence electrons. The number of pyridine rings is 2. The molecule has 0 spiro atoms. The third-order valence-electron chi connectivity index (χ3n) is 8.12. The lowest BCUT2D eigenvalue weighted by Crippen LogP contribution is -2.24. The Morgan fingerprint density at radius 1 is 0.979 bits per heavy atom. The number of rotatable bonds is 7. The molecule has 0 bridgehead atoms. The average Bonchev–Trinajstić information content (AvgIpc) is 3.74. The van der Waals surface area contributed by atoms with Gasteiger partial charge in [0.2, 0.25) is 5.91 Å². The van der Waals surface area contributed by atoms with Crippen molar-refractivity contribution in [2.75, 3.05) is 12.4 Å². The van der Waals surface area contributed by atoms with Crippen LogP contribution < -0.4 is 10.6 Å². The van der Waals surface area contributed by atoms with Gasteiger partial charge in [0.25, 0.3) is 0 Å². The van der Waals surface area contributed by atoms with Crippen LogP contribution in [0.1, 0.15) is 51.5 Å². The van der Waals surface area contributed by atoms with Crippen LogP contribution in [-0.4, -0.2) is 49.2 Å². The summed E-state index contributed by atoms with van der Waals surface area (Å²) in [5, 5.41) is 14.4. The summed E-state index contributed by atoms with van der Waals surface area (Å²) in [4.78, 5) is 46.4. The molecule has 4 N–H and O–H groups in total. The van der Waals surface area contributed by atoms with Crippen LogP contribution in [0, 0.1) is 11.7 Å². The van der Waals surface area contributed by atoms with Gasteiger partial charge >= 0.3 is 6.15 Å². The molecule has 1 aliphatic rings. The molecule has 1 fully saturated rings. The minimum absolute atomic E-state index is 0.0598. The number of nitrogens with one attached hydrogen (secondary N) is 4. The number of aromatic amines is 2. The van der Waals surface area contributed by atoms with Gasteiger partial charge in [0.05, 0.1) is 28.3 Å². The van der Waals surface area contributed by atoms with E-state index in [0.717, 1.165) is 69.9 Å². The molecular formula is C36H37FN8O3. The predicted molar refractivity (Wildman–Crippen MR) is 182 cm³/mol. The van der Waals surface area contributed by atoms with Crippen LogP contribution >= 0.6 is 0 Å². The number of amides is 1. The van der Waals surface area contributed by atoms with Crippen molar-refractivity contribution in [2.24, 2.45) is 5.92 Å². The van der Waals surface area contributed by atoms with Gasteiger partial charge in [-0.1, -0.05) is 45.2 Å². The Morgan fingerprint density at radius 2 is 1.75 bits per heavy atom. The number of benzene rings is 2. The molecule has 6 aromatic rings. The van der Waals surface area contributed by atoms with Gasteiger partial charge in [0, 0.05) is 41.5 Å². The van der Waals surface area contributed by atoms with Crippen molar-refractivity contribution in [1.29, 1.82) is 0 Å². The number of nitrogens with zero attached hydrogens (tertiary/aromatic N) is 4. The number of halogens is 1. The van der Waals surface area contributed by atoms with Gasteiger partial charge in [0.1, 0.15) is 11.5 Å². The molecule has 1 amide bonds. The van der Waals surface area contributed by atoms with E-state index in [2.05, 4.69) is 35.8 Å². The van der Waals surface area contributed by atoms with E-state index in [4.69, 9.17) is 14.6 Å². The topological polar surface area (TPSA) is 158 Å². The maximum absolute atomic E-state index is 14.5. The number of para-hydroxylation sites is 1. The van der Waals surface area contributed by atoms with Crippen LogP contribution in [0.4, 0.5) is 10.1 Å². The highest BCUT2D eigenvalue weighted by Crippen LogP contribution is 2.34. The molecule has 4 aromatic heterocycles. The third kappa shape index (κ3) is 7.52. The largest absolute Gasteiger partial charge is 0.373 e. The first-order chi connectivity index (χ1) is 23.5. The highest BCUT2D eigenvalue weighted by atomic mass is 19.1. The van der Waals surface area contributed by atoms with Crippen molar-refractivity contribution >= 4 is 39.8 Å². The molecule has 1 aliphatic carbocycles. The van der Waals surface area contributed by atoms with Gasteiger partial charge in [-0.15, -0.1) is 0 Å². The molecular weight excluding hydrogens is 611 g/mol. The van der Waals surface area contributed by atoms with Gasteiger partial charge in [0.15, 0.2) is 11.5 Å². The second-order valence-electron chi connectivity index (χ2n) is 11.2. The van der Waals surface area contributed by atoms with Crippen molar-refractivity contribution in [3.63, 3.8) is 0 Å². The van der Waals surface area contributed by atoms with E-state index in [9.17, 15) is 9.18 Å². The number of hydrogen-bond donors (Lipinski definition) is 4. The van der Waals surface area contributed by atoms with E-state index in [0.29, 0.717) is 29.4 Å². The summed E-state index contributed by atoms with van der Waals surface area (Å²) in [5.41, 5.74) is 7.58. The van der Waals surface area contributed by atoms with Crippen LogP contribution in [0.5, 0.6) is 0 Å². The van der Waals surface area contributed by atoms with Crippen LogP contribution in [0.15, 0.2) is 67.1 Å². The fraction of sp³-hybridized carbons (Fsp3) is 0.278. The third-order valence-corrected chi connectivity index (χ3v) is 8.12. The smallest absolute Gasteiger partial charge is 0.337 e. The number of carbonyl (C=O) groups is 1. The second kappa shape index (κ2) is 15.8. The van der Waals surface area contributed by atoms with Crippen LogP contribution in [0.3, 0.4) is 0 Å². The zero-order chi connectivity index (χ0) is 34.0. The number of aromatic nitrogens is 6. The lowest BCUT2D eigenvalue weighted by molar-refractivity contribution is -0.191. The van der Waals surface area contributed by atoms with Crippen molar-refractivity contribution in [3.8, 4) is 33.8 Å². The first kappa shape index (κ1) is 33.8. The zero-order valence-electron chi connectivity index (χ0n) is 27.1. The van der Waals surface area contributed by atoms with Gasteiger partial charge in [-0.05, 0) is 67.4 Å². The number of fused-ring (bicyclic) bond motifs is 2. The SMILES string of the molecule is CC.CNCc1cc(F)cc(-c2cccc3[nH]c(-c4[nH]nc5ncc(-c6cncc(NC(=O)C7CCCCC7)c6)cc45)nc23)c1.O=C=O. The maximum Gasteiger partial charge on any atom is 0.373 e. The summed E-state index contributed by atoms with van der Waals surface area (Å²) in [5.74, 6) is 0.429. The number of imidazole rings is 1. The minimum atomic E-state index is -0.291. The molecule has 11 nitrogen and oxygen atoms in total. The second-order valence-corrected chi connectivity index (χ2v) is 11.2. The molecule has 48 heavy (non-hydrogen) atoms. The van der Waals surface area contributed by atoms with E-state index in [1.807, 2.05) is 57.3 Å². The quantitative estimate of drug-likeness (QED) is 0.143. The van der Waals surface area contributed by atoms with Gasteiger partial charge < -0.3 is 15.6 Å². The minimum Gasteiger partial charge on any atom is -0.337 e. The van der Waals surface area contributed by atoms with E-state index in [-0.39, 0.29) is 23.8 Å². The molecule has 0 unspecified atom stereocenters. The normalized spacial score (nSPS) is 12.8. The summed E-state index contributed by atoms with van der Waals surface area (Å²) < 4.78 is 14.5. The zero-order valence-corrected chi connectivity index (χ0v) is 27.1. The Morgan fingerprint density at radius 3 is 2.52 bits per heavy atom. The van der Waals surface area contributed by atoms with Crippen molar-refractivity contribution < 1.29 is 18.8 Å². The van der Waals surface area contributed by atoms with Crippen molar-refractivity contribution in [3.05, 3.63) is 78.5 Å². The van der Waals surface area contributed by atoms with Crippen molar-refractivity contribution in [1.82, 2.24) is 35.5 Å². The summed E-state index contributed by atoms with van der Waals surface area (Å²) in [7, 11) is 1.84. The fourth-order valence-corrected chi connectivity index (χ4v) is 6.01. The van der Waals surface area contributed by atoms with Crippen LogP contribution in [0.2, 0.25) is 0 Å². The number of anilines is 1. The highest BCUT2D eigenvalue weighted by molar-refractivity contribution is 5.98. The molecule has 4 heterocycles. The Labute approximate surface area is 276 Å². The van der Waals surface area contributed by atoms with Gasteiger partial charge in [-0.3, -0.25) is 14.9 Å². The Hall–Kier alpha value is -5.58. The van der Waals surface area contributed by atoms with E-state index < -0.39 is 0 Å². The van der Waals surface area contributed by atoms with Crippen LogP contribution in [-0.2, 0) is 20.9 Å². The molecule has 1 saturated carbocycles. The Balaban J connectivity index is 0.000000855. The first-order valence-electron chi connectivity index (χ1n) is 16.0. The van der Waals surface area contributed by atoms with Gasteiger partial charge in [-0.25, -0.2) is 14.4 Å². The number of H-pyrrole nitrogens is 2. The highest BCUT2D eigenvalue weighted by Gasteiger charge is 2.21. The van der Waals surface area contributed by atoms with E-state index >= 15 is 0 Å². The molecule has 0 aliphatic heterocycles. The molecule has 0 radical (unpaired) electrons. The summed E-state index contributed by atoms with van der Waals surface area (Å²) >= 11 is 0. The standard InChI is InChI=1S/C33H31FN8O.C2H6.CO2/c1-35-15-19-10-21(12-24(34)11-19)26-8-5-9-28-29(26)40-32(39-28)30-27-14-23(17-37-31(27)42-41-30)22-13-25(18-36-16-22)38-33(43)20-6-3-2-4-7-20;1-2;2-1-3/h5,8-14,16-18,20,35H,2-4,6-7,15H2,1H3,(H,38,43)(H,39,40)(H,37,41,42);1-2H3;. The van der Waals surface area contributed by atoms with E-state index in [1.54, 1.807) is 18.6 Å². The Kier molecular flexibility index (Phi) is 11.1. The van der Waals surface area contributed by atoms with Crippen molar-refractivity contribution in [2.45, 2.75) is 52.5 Å². The number of carbonyl (C=O) groups excluding carboxylic acids is 3. The molecule has 12 heteroatoms. The molecule has 0 saturated heterocycles. The average molecular weight is 649 g/mol. The molecule has 7 rings (SSSR count). The summed E-state index contributed by atoms with van der Waals surface area (Å²) in [6.45, 7) is 4.56. The lowest BCUT2D eigenvalue weighted by atomic mass is 9.88. The monoisotopic (exact) mass is 648 g/mol. The van der Waals surface area contributed by atoms with Gasteiger partial charge in [-0.2, -0.15) is 14.7 Å². The van der Waals surface area contributed by atoms with Crippen LogP contribution in [0.25, 0.3) is 55.8 Å². The predicted octanol–water partition coefficient (Wildman–Crippen LogP) is 7.05. The Bertz CT molecular complexity index is 2060.